The Labute approximate surface area is 161 Å². The largest absolute Gasteiger partial charge is 0.465 e. The first-order chi connectivity index (χ1) is 12.5. The normalized spacial score (nSPS) is 19.3. The molecule has 0 aromatic heterocycles. The van der Waals surface area contributed by atoms with Gasteiger partial charge in [-0.2, -0.15) is 8.42 Å². The number of hydrogen-bond donors (Lipinski definition) is 2. The summed E-state index contributed by atoms with van der Waals surface area (Å²) in [6, 6.07) is 7.61. The molecule has 0 spiro atoms. The van der Waals surface area contributed by atoms with Crippen LogP contribution in [-0.2, 0) is 20.7 Å². The highest BCUT2D eigenvalue weighted by Gasteiger charge is 2.31. The van der Waals surface area contributed by atoms with E-state index in [0.29, 0.717) is 24.6 Å². The number of aliphatic hydroxyl groups excluding tert-OH is 1. The second-order valence-corrected chi connectivity index (χ2v) is 9.67. The van der Waals surface area contributed by atoms with E-state index in [9.17, 15) is 18.3 Å². The molecule has 2 N–H and O–H groups in total. The highest BCUT2D eigenvalue weighted by atomic mass is 32.2. The Hall–Kier alpha value is -1.64. The van der Waals surface area contributed by atoms with Crippen LogP contribution in [0.4, 0.5) is 4.79 Å². The molecule has 1 amide bonds. The lowest BCUT2D eigenvalue weighted by Crippen LogP contribution is -2.29. The smallest absolute Gasteiger partial charge is 0.407 e. The molecule has 27 heavy (non-hydrogen) atoms. The van der Waals surface area contributed by atoms with Crippen LogP contribution in [0.15, 0.2) is 24.3 Å². The van der Waals surface area contributed by atoms with Gasteiger partial charge in [0.05, 0.1) is 19.0 Å². The van der Waals surface area contributed by atoms with Crippen LogP contribution < -0.4 is 0 Å². The Kier molecular flexibility index (Phi) is 6.88. The van der Waals surface area contributed by atoms with Crippen LogP contribution in [-0.4, -0.2) is 55.6 Å². The highest BCUT2D eigenvalue weighted by molar-refractivity contribution is 7.85. The molecular formula is C19H29NO6S. The topological polar surface area (TPSA) is 104 Å². The van der Waals surface area contributed by atoms with Gasteiger partial charge in [-0.05, 0) is 36.3 Å². The number of rotatable bonds is 8. The van der Waals surface area contributed by atoms with Crippen LogP contribution in [0, 0.1) is 11.3 Å². The lowest BCUT2D eigenvalue weighted by molar-refractivity contribution is 0.0161. The average Bonchev–Trinajstić information content (AvgIpc) is 3.07. The number of hydrogen-bond acceptors (Lipinski definition) is 5. The third-order valence-corrected chi connectivity index (χ3v) is 5.60. The standard InChI is InChI=1S/C19H29NO6S/c1-19(2,13-26-27(3,24)25)17(21)16-6-4-5-14(11-16)7-8-15-9-10-20(12-15)18(22)23/h4-6,11,15,17,21H,7-10,12-13H2,1-3H3,(H,22,23). The van der Waals surface area contributed by atoms with Gasteiger partial charge in [0, 0.05) is 18.5 Å². The molecule has 0 bridgehead atoms. The summed E-state index contributed by atoms with van der Waals surface area (Å²) in [5, 5.41) is 19.7. The maximum atomic E-state index is 11.2. The van der Waals surface area contributed by atoms with Gasteiger partial charge < -0.3 is 15.1 Å². The zero-order chi connectivity index (χ0) is 20.2. The van der Waals surface area contributed by atoms with Gasteiger partial charge in [-0.3, -0.25) is 4.18 Å². The number of carbonyl (C=O) groups is 1. The number of carboxylic acid groups (broad SMARTS) is 1. The Morgan fingerprint density at radius 1 is 1.41 bits per heavy atom. The molecule has 1 aliphatic rings. The third kappa shape index (κ3) is 6.48. The minimum absolute atomic E-state index is 0.107. The molecular weight excluding hydrogens is 370 g/mol. The Morgan fingerprint density at radius 3 is 2.70 bits per heavy atom. The maximum absolute atomic E-state index is 11.2. The van der Waals surface area contributed by atoms with Crippen molar-refractivity contribution in [1.29, 1.82) is 0 Å². The quantitative estimate of drug-likeness (QED) is 0.651. The van der Waals surface area contributed by atoms with E-state index in [1.54, 1.807) is 13.8 Å². The van der Waals surface area contributed by atoms with E-state index in [2.05, 4.69) is 0 Å². The summed E-state index contributed by atoms with van der Waals surface area (Å²) in [5.74, 6) is 0.356. The van der Waals surface area contributed by atoms with E-state index < -0.39 is 27.7 Å². The minimum Gasteiger partial charge on any atom is -0.465 e. The predicted octanol–water partition coefficient (Wildman–Crippen LogP) is 2.65. The second-order valence-electron chi connectivity index (χ2n) is 8.02. The van der Waals surface area contributed by atoms with Crippen molar-refractivity contribution in [3.8, 4) is 0 Å². The fraction of sp³-hybridized carbons (Fsp3) is 0.632. The van der Waals surface area contributed by atoms with Gasteiger partial charge in [0.1, 0.15) is 0 Å². The Balaban J connectivity index is 1.97. The number of nitrogens with zero attached hydrogens (tertiary/aromatic N) is 1. The van der Waals surface area contributed by atoms with Crippen LogP contribution in [0.25, 0.3) is 0 Å². The molecule has 7 nitrogen and oxygen atoms in total. The first kappa shape index (κ1) is 21.7. The molecule has 2 atom stereocenters. The zero-order valence-electron chi connectivity index (χ0n) is 16.1. The third-order valence-electron chi connectivity index (χ3n) is 5.05. The van der Waals surface area contributed by atoms with Crippen LogP contribution in [0.2, 0.25) is 0 Å². The lowest BCUT2D eigenvalue weighted by atomic mass is 9.83. The van der Waals surface area contributed by atoms with Crippen molar-refractivity contribution < 1.29 is 27.6 Å². The fourth-order valence-corrected chi connectivity index (χ4v) is 3.84. The van der Waals surface area contributed by atoms with Crippen LogP contribution in [0.1, 0.15) is 43.9 Å². The van der Waals surface area contributed by atoms with E-state index in [1.807, 2.05) is 24.3 Å². The molecule has 1 fully saturated rings. The summed E-state index contributed by atoms with van der Waals surface area (Å²) in [5.41, 5.74) is 1.02. The van der Waals surface area contributed by atoms with Crippen molar-refractivity contribution in [2.45, 2.75) is 39.2 Å². The maximum Gasteiger partial charge on any atom is 0.407 e. The molecule has 0 aliphatic carbocycles. The minimum atomic E-state index is -3.57. The van der Waals surface area contributed by atoms with Gasteiger partial charge in [0.15, 0.2) is 0 Å². The fourth-order valence-electron chi connectivity index (χ4n) is 3.32. The number of benzene rings is 1. The summed E-state index contributed by atoms with van der Waals surface area (Å²) in [7, 11) is -3.57. The van der Waals surface area contributed by atoms with Crippen molar-refractivity contribution in [2.24, 2.45) is 11.3 Å². The summed E-state index contributed by atoms with van der Waals surface area (Å²) >= 11 is 0. The highest BCUT2D eigenvalue weighted by Crippen LogP contribution is 2.34. The SMILES string of the molecule is CC(C)(COS(C)(=O)=O)C(O)c1cccc(CCC2CCN(C(=O)O)C2)c1. The van der Waals surface area contributed by atoms with E-state index in [0.717, 1.165) is 31.1 Å². The monoisotopic (exact) mass is 399 g/mol. The molecule has 1 aromatic rings. The molecule has 1 heterocycles. The number of likely N-dealkylation sites (tertiary alicyclic amines) is 1. The van der Waals surface area contributed by atoms with Crippen molar-refractivity contribution in [3.63, 3.8) is 0 Å². The van der Waals surface area contributed by atoms with Gasteiger partial charge in [-0.15, -0.1) is 0 Å². The molecule has 2 unspecified atom stereocenters. The van der Waals surface area contributed by atoms with E-state index in [1.165, 1.54) is 4.90 Å². The summed E-state index contributed by atoms with van der Waals surface area (Å²) in [4.78, 5) is 12.5. The summed E-state index contributed by atoms with van der Waals surface area (Å²) in [6.07, 6.45) is 1.84. The van der Waals surface area contributed by atoms with Gasteiger partial charge in [0.2, 0.25) is 0 Å². The van der Waals surface area contributed by atoms with Crippen LogP contribution in [0.3, 0.4) is 0 Å². The van der Waals surface area contributed by atoms with Gasteiger partial charge in [-0.25, -0.2) is 4.79 Å². The molecule has 1 aliphatic heterocycles. The van der Waals surface area contributed by atoms with Gasteiger partial charge in [-0.1, -0.05) is 38.1 Å². The van der Waals surface area contributed by atoms with Gasteiger partial charge in [0.25, 0.3) is 10.1 Å². The molecule has 2 rings (SSSR count). The van der Waals surface area contributed by atoms with Crippen molar-refractivity contribution in [1.82, 2.24) is 4.90 Å². The molecule has 1 saturated heterocycles. The zero-order valence-corrected chi connectivity index (χ0v) is 16.9. The molecule has 1 aromatic carbocycles. The average molecular weight is 400 g/mol. The van der Waals surface area contributed by atoms with Crippen LogP contribution in [0.5, 0.6) is 0 Å². The van der Waals surface area contributed by atoms with Crippen molar-refractivity contribution in [3.05, 3.63) is 35.4 Å². The Bertz CT molecular complexity index is 761. The first-order valence-electron chi connectivity index (χ1n) is 9.07. The summed E-state index contributed by atoms with van der Waals surface area (Å²) in [6.45, 7) is 4.58. The van der Waals surface area contributed by atoms with E-state index in [4.69, 9.17) is 9.29 Å². The number of amides is 1. The van der Waals surface area contributed by atoms with Crippen LogP contribution >= 0.6 is 0 Å². The number of aliphatic hydroxyl groups is 1. The van der Waals surface area contributed by atoms with Gasteiger partial charge >= 0.3 is 6.09 Å². The molecule has 0 saturated carbocycles. The lowest BCUT2D eigenvalue weighted by Gasteiger charge is -2.30. The van der Waals surface area contributed by atoms with E-state index >= 15 is 0 Å². The predicted molar refractivity (Wildman–Crippen MR) is 102 cm³/mol. The molecule has 152 valence electrons. The van der Waals surface area contributed by atoms with Crippen molar-refractivity contribution >= 4 is 16.2 Å². The Morgan fingerprint density at radius 2 is 2.11 bits per heavy atom. The first-order valence-corrected chi connectivity index (χ1v) is 10.9. The molecule has 0 radical (unpaired) electrons. The second kappa shape index (κ2) is 8.58. The number of aryl methyl sites for hydroxylation is 1. The van der Waals surface area contributed by atoms with E-state index in [-0.39, 0.29) is 6.61 Å². The van der Waals surface area contributed by atoms with Crippen molar-refractivity contribution in [2.75, 3.05) is 26.0 Å². The summed E-state index contributed by atoms with van der Waals surface area (Å²) < 4.78 is 27.3. The molecule has 8 heteroatoms.